The minimum absolute atomic E-state index is 0.0810. The highest BCUT2D eigenvalue weighted by atomic mass is 32.2. The Bertz CT molecular complexity index is 1410. The summed E-state index contributed by atoms with van der Waals surface area (Å²) in [5.74, 6) is 0.0676. The fourth-order valence-corrected chi connectivity index (χ4v) is 4.77. The third-order valence-electron chi connectivity index (χ3n) is 5.20. The standard InChI is InChI=1S/C25H23N3O4S/c1-28(17-18-8-4-3-5-9-18)33(30,31)23-16-20(12-14-22(23)32-2)25(29)27-24-15-13-19-10-6-7-11-21(19)26-24/h3-16H,17H2,1-2H3,(H,26,27,29). The van der Waals surface area contributed by atoms with Gasteiger partial charge >= 0.3 is 0 Å². The van der Waals surface area contributed by atoms with Gasteiger partial charge in [-0.2, -0.15) is 4.31 Å². The van der Waals surface area contributed by atoms with Crippen molar-refractivity contribution >= 4 is 32.7 Å². The van der Waals surface area contributed by atoms with Crippen LogP contribution in [-0.2, 0) is 16.6 Å². The van der Waals surface area contributed by atoms with Crippen molar-refractivity contribution in [3.05, 3.63) is 96.1 Å². The van der Waals surface area contributed by atoms with Gasteiger partial charge in [0.15, 0.2) is 0 Å². The van der Waals surface area contributed by atoms with Crippen LogP contribution in [0.2, 0.25) is 0 Å². The molecule has 0 aliphatic rings. The summed E-state index contributed by atoms with van der Waals surface area (Å²) in [4.78, 5) is 17.2. The molecule has 0 saturated heterocycles. The molecule has 1 heterocycles. The third kappa shape index (κ3) is 4.87. The molecule has 0 fully saturated rings. The molecule has 0 bridgehead atoms. The maximum atomic E-state index is 13.3. The van der Waals surface area contributed by atoms with Gasteiger partial charge in [-0.1, -0.05) is 48.5 Å². The Kier molecular flexibility index (Phi) is 6.39. The number of hydrogen-bond acceptors (Lipinski definition) is 5. The Hall–Kier alpha value is -3.75. The molecule has 0 atom stereocenters. The number of methoxy groups -OCH3 is 1. The van der Waals surface area contributed by atoms with Crippen molar-refractivity contribution < 1.29 is 17.9 Å². The maximum absolute atomic E-state index is 13.3. The Balaban J connectivity index is 1.61. The fraction of sp³-hybridized carbons (Fsp3) is 0.120. The van der Waals surface area contributed by atoms with Crippen LogP contribution >= 0.6 is 0 Å². The van der Waals surface area contributed by atoms with Crippen LogP contribution in [0.4, 0.5) is 5.82 Å². The molecule has 0 saturated carbocycles. The molecule has 0 aliphatic carbocycles. The van der Waals surface area contributed by atoms with Gasteiger partial charge < -0.3 is 10.1 Å². The second kappa shape index (κ2) is 9.40. The second-order valence-corrected chi connectivity index (χ2v) is 9.47. The number of ether oxygens (including phenoxy) is 1. The first-order chi connectivity index (χ1) is 15.9. The van der Waals surface area contributed by atoms with Gasteiger partial charge in [-0.15, -0.1) is 0 Å². The number of carbonyl (C=O) groups is 1. The number of amides is 1. The Labute approximate surface area is 192 Å². The lowest BCUT2D eigenvalue weighted by Crippen LogP contribution is -2.27. The number of pyridine rings is 1. The molecule has 8 heteroatoms. The third-order valence-corrected chi connectivity index (χ3v) is 7.03. The fourth-order valence-electron chi connectivity index (χ4n) is 3.44. The van der Waals surface area contributed by atoms with Crippen LogP contribution in [0.1, 0.15) is 15.9 Å². The van der Waals surface area contributed by atoms with E-state index in [-0.39, 0.29) is 22.8 Å². The number of nitrogens with zero attached hydrogens (tertiary/aromatic N) is 2. The lowest BCUT2D eigenvalue weighted by atomic mass is 10.2. The Morgan fingerprint density at radius 3 is 2.45 bits per heavy atom. The number of carbonyl (C=O) groups excluding carboxylic acids is 1. The first-order valence-electron chi connectivity index (χ1n) is 10.2. The number of nitrogens with one attached hydrogen (secondary N) is 1. The van der Waals surface area contributed by atoms with Crippen LogP contribution in [0.15, 0.2) is 89.8 Å². The Morgan fingerprint density at radius 2 is 1.70 bits per heavy atom. The van der Waals surface area contributed by atoms with Crippen LogP contribution in [0, 0.1) is 0 Å². The van der Waals surface area contributed by atoms with Crippen LogP contribution < -0.4 is 10.1 Å². The second-order valence-electron chi connectivity index (χ2n) is 7.46. The summed E-state index contributed by atoms with van der Waals surface area (Å²) in [6.45, 7) is 0.184. The number of rotatable bonds is 7. The largest absolute Gasteiger partial charge is 0.495 e. The SMILES string of the molecule is COc1ccc(C(=O)Nc2ccc3ccccc3n2)cc1S(=O)(=O)N(C)Cc1ccccc1. The summed E-state index contributed by atoms with van der Waals surface area (Å²) in [5, 5.41) is 3.69. The summed E-state index contributed by atoms with van der Waals surface area (Å²) in [5.41, 5.74) is 1.77. The topological polar surface area (TPSA) is 88.6 Å². The van der Waals surface area contributed by atoms with E-state index in [1.807, 2.05) is 60.7 Å². The van der Waals surface area contributed by atoms with Crippen molar-refractivity contribution in [2.45, 2.75) is 11.4 Å². The van der Waals surface area contributed by atoms with E-state index < -0.39 is 15.9 Å². The van der Waals surface area contributed by atoms with Gasteiger partial charge in [0.05, 0.1) is 12.6 Å². The number of anilines is 1. The van der Waals surface area contributed by atoms with Crippen LogP contribution in [0.5, 0.6) is 5.75 Å². The monoisotopic (exact) mass is 461 g/mol. The van der Waals surface area contributed by atoms with E-state index in [2.05, 4.69) is 10.3 Å². The van der Waals surface area contributed by atoms with E-state index >= 15 is 0 Å². The number of benzene rings is 3. The van der Waals surface area contributed by atoms with E-state index in [0.717, 1.165) is 16.5 Å². The molecular weight excluding hydrogens is 438 g/mol. The normalized spacial score (nSPS) is 11.5. The minimum atomic E-state index is -3.92. The van der Waals surface area contributed by atoms with E-state index in [9.17, 15) is 13.2 Å². The number of fused-ring (bicyclic) bond motifs is 1. The quantitative estimate of drug-likeness (QED) is 0.443. The molecule has 1 amide bonds. The highest BCUT2D eigenvalue weighted by molar-refractivity contribution is 7.89. The number of sulfonamides is 1. The lowest BCUT2D eigenvalue weighted by Gasteiger charge is -2.19. The zero-order valence-corrected chi connectivity index (χ0v) is 19.0. The molecule has 1 aromatic heterocycles. The average Bonchev–Trinajstić information content (AvgIpc) is 2.84. The molecule has 0 unspecified atom stereocenters. The van der Waals surface area contributed by atoms with Crippen LogP contribution in [0.3, 0.4) is 0 Å². The van der Waals surface area contributed by atoms with E-state index in [1.165, 1.54) is 36.7 Å². The van der Waals surface area contributed by atoms with E-state index in [1.54, 1.807) is 6.07 Å². The van der Waals surface area contributed by atoms with Gasteiger partial charge in [0.25, 0.3) is 5.91 Å². The highest BCUT2D eigenvalue weighted by Gasteiger charge is 2.26. The maximum Gasteiger partial charge on any atom is 0.256 e. The summed E-state index contributed by atoms with van der Waals surface area (Å²) in [6.07, 6.45) is 0. The summed E-state index contributed by atoms with van der Waals surface area (Å²) in [7, 11) is -1.04. The predicted molar refractivity (Wildman–Crippen MR) is 128 cm³/mol. The number of aromatic nitrogens is 1. The smallest absolute Gasteiger partial charge is 0.256 e. The van der Waals surface area contributed by atoms with Gasteiger partial charge in [-0.05, 0) is 42.0 Å². The number of para-hydroxylation sites is 1. The van der Waals surface area contributed by atoms with E-state index in [4.69, 9.17) is 4.74 Å². The van der Waals surface area contributed by atoms with Gasteiger partial charge in [0.1, 0.15) is 16.5 Å². The Morgan fingerprint density at radius 1 is 0.970 bits per heavy atom. The number of hydrogen-bond donors (Lipinski definition) is 1. The molecular formula is C25H23N3O4S. The van der Waals surface area contributed by atoms with Crippen LogP contribution in [0.25, 0.3) is 10.9 Å². The van der Waals surface area contributed by atoms with Crippen molar-refractivity contribution in [2.24, 2.45) is 0 Å². The van der Waals surface area contributed by atoms with Crippen molar-refractivity contribution in [1.29, 1.82) is 0 Å². The zero-order chi connectivity index (χ0) is 23.4. The predicted octanol–water partition coefficient (Wildman–Crippen LogP) is 4.32. The van der Waals surface area contributed by atoms with Gasteiger partial charge in [0, 0.05) is 24.5 Å². The minimum Gasteiger partial charge on any atom is -0.495 e. The molecule has 168 valence electrons. The molecule has 0 radical (unpaired) electrons. The van der Waals surface area contributed by atoms with Crippen molar-refractivity contribution in [3.63, 3.8) is 0 Å². The molecule has 7 nitrogen and oxygen atoms in total. The van der Waals surface area contributed by atoms with Gasteiger partial charge in [-0.25, -0.2) is 13.4 Å². The average molecular weight is 462 g/mol. The molecule has 0 spiro atoms. The van der Waals surface area contributed by atoms with Gasteiger partial charge in [-0.3, -0.25) is 4.79 Å². The van der Waals surface area contributed by atoms with Crippen molar-refractivity contribution in [1.82, 2.24) is 9.29 Å². The van der Waals surface area contributed by atoms with Crippen molar-refractivity contribution in [3.8, 4) is 5.75 Å². The van der Waals surface area contributed by atoms with Crippen molar-refractivity contribution in [2.75, 3.05) is 19.5 Å². The lowest BCUT2D eigenvalue weighted by molar-refractivity contribution is 0.102. The summed E-state index contributed by atoms with van der Waals surface area (Å²) in [6, 6.07) is 24.7. The molecule has 0 aliphatic heterocycles. The first-order valence-corrected chi connectivity index (χ1v) is 11.7. The molecule has 3 aromatic carbocycles. The molecule has 33 heavy (non-hydrogen) atoms. The molecule has 4 rings (SSSR count). The summed E-state index contributed by atoms with van der Waals surface area (Å²) < 4.78 is 33.1. The summed E-state index contributed by atoms with van der Waals surface area (Å²) >= 11 is 0. The van der Waals surface area contributed by atoms with Gasteiger partial charge in [0.2, 0.25) is 10.0 Å². The zero-order valence-electron chi connectivity index (χ0n) is 18.2. The molecule has 1 N–H and O–H groups in total. The highest BCUT2D eigenvalue weighted by Crippen LogP contribution is 2.28. The first kappa shape index (κ1) is 22.4. The van der Waals surface area contributed by atoms with E-state index in [0.29, 0.717) is 5.82 Å². The molecule has 4 aromatic rings. The van der Waals surface area contributed by atoms with Crippen LogP contribution in [-0.4, -0.2) is 37.8 Å².